The van der Waals surface area contributed by atoms with Crippen LogP contribution in [0.5, 0.6) is 0 Å². The molecule has 16 heavy (non-hydrogen) atoms. The first-order valence-corrected chi connectivity index (χ1v) is 6.04. The van der Waals surface area contributed by atoms with Crippen LogP contribution in [0.25, 0.3) is 0 Å². The molecule has 1 aromatic heterocycles. The first kappa shape index (κ1) is 13.2. The molecule has 1 heterocycles. The Morgan fingerprint density at radius 1 is 1.25 bits per heavy atom. The zero-order chi connectivity index (χ0) is 12.1. The Balaban J connectivity index is 2.75. The summed E-state index contributed by atoms with van der Waals surface area (Å²) in [6, 6.07) is 2.01. The lowest BCUT2D eigenvalue weighted by atomic mass is 10.1. The molecule has 2 unspecified atom stereocenters. The Morgan fingerprint density at radius 2 is 1.94 bits per heavy atom. The van der Waals surface area contributed by atoms with Crippen LogP contribution in [-0.2, 0) is 19.4 Å². The molecule has 1 aromatic rings. The van der Waals surface area contributed by atoms with Crippen LogP contribution in [-0.4, -0.2) is 32.2 Å². The van der Waals surface area contributed by atoms with Gasteiger partial charge in [0, 0.05) is 18.7 Å². The minimum atomic E-state index is -0.697. The van der Waals surface area contributed by atoms with Crippen molar-refractivity contribution in [1.82, 2.24) is 9.78 Å². The van der Waals surface area contributed by atoms with Gasteiger partial charge >= 0.3 is 0 Å². The normalized spacial score (nSPS) is 15.1. The van der Waals surface area contributed by atoms with Gasteiger partial charge in [0.25, 0.3) is 0 Å². The predicted octanol–water partition coefficient (Wildman–Crippen LogP) is 1.14. The van der Waals surface area contributed by atoms with Crippen LogP contribution < -0.4 is 0 Å². The van der Waals surface area contributed by atoms with Crippen LogP contribution in [0.15, 0.2) is 6.07 Å². The Labute approximate surface area is 96.9 Å². The summed E-state index contributed by atoms with van der Waals surface area (Å²) in [6.07, 6.45) is 0.589. The molecule has 0 amide bonds. The SMILES string of the molecule is CCc1cc(CC(O)C(O)CC)n(CC)n1. The number of nitrogens with zero attached hydrogens (tertiary/aromatic N) is 2. The summed E-state index contributed by atoms with van der Waals surface area (Å²) in [5.41, 5.74) is 2.04. The van der Waals surface area contributed by atoms with Gasteiger partial charge in [-0.3, -0.25) is 4.68 Å². The van der Waals surface area contributed by atoms with E-state index in [1.165, 1.54) is 0 Å². The van der Waals surface area contributed by atoms with E-state index in [9.17, 15) is 10.2 Å². The summed E-state index contributed by atoms with van der Waals surface area (Å²) in [6.45, 7) is 6.74. The molecule has 0 aliphatic heterocycles. The van der Waals surface area contributed by atoms with Crippen LogP contribution in [0, 0.1) is 0 Å². The fraction of sp³-hybridized carbons (Fsp3) is 0.750. The van der Waals surface area contributed by atoms with Crippen molar-refractivity contribution in [2.45, 2.75) is 58.8 Å². The maximum Gasteiger partial charge on any atom is 0.0854 e. The van der Waals surface area contributed by atoms with Crippen LogP contribution in [0.2, 0.25) is 0 Å². The third-order valence-corrected chi connectivity index (χ3v) is 2.86. The fourth-order valence-electron chi connectivity index (χ4n) is 1.75. The van der Waals surface area contributed by atoms with Gasteiger partial charge in [0.05, 0.1) is 17.9 Å². The highest BCUT2D eigenvalue weighted by Gasteiger charge is 2.17. The third kappa shape index (κ3) is 3.06. The average molecular weight is 226 g/mol. The van der Waals surface area contributed by atoms with E-state index in [0.717, 1.165) is 24.4 Å². The molecule has 1 rings (SSSR count). The second-order valence-corrected chi connectivity index (χ2v) is 4.04. The second-order valence-electron chi connectivity index (χ2n) is 4.04. The minimum Gasteiger partial charge on any atom is -0.390 e. The van der Waals surface area contributed by atoms with E-state index in [-0.39, 0.29) is 0 Å². The smallest absolute Gasteiger partial charge is 0.0854 e. The molecule has 0 spiro atoms. The van der Waals surface area contributed by atoms with E-state index >= 15 is 0 Å². The average Bonchev–Trinajstić information content (AvgIpc) is 2.70. The highest BCUT2D eigenvalue weighted by Crippen LogP contribution is 2.11. The van der Waals surface area contributed by atoms with E-state index in [2.05, 4.69) is 12.0 Å². The van der Waals surface area contributed by atoms with E-state index in [1.54, 1.807) is 0 Å². The monoisotopic (exact) mass is 226 g/mol. The first-order valence-electron chi connectivity index (χ1n) is 6.04. The quantitative estimate of drug-likeness (QED) is 0.764. The van der Waals surface area contributed by atoms with Gasteiger partial charge in [0.1, 0.15) is 0 Å². The standard InChI is InChI=1S/C12H22N2O2/c1-4-9-7-10(14(6-3)13-9)8-12(16)11(15)5-2/h7,11-12,15-16H,4-6,8H2,1-3H3. The van der Waals surface area contributed by atoms with Crippen molar-refractivity contribution < 1.29 is 10.2 Å². The molecule has 0 aliphatic carbocycles. The topological polar surface area (TPSA) is 58.3 Å². The highest BCUT2D eigenvalue weighted by atomic mass is 16.3. The van der Waals surface area contributed by atoms with Crippen LogP contribution >= 0.6 is 0 Å². The summed E-state index contributed by atoms with van der Waals surface area (Å²) in [5, 5.41) is 23.7. The molecule has 0 aromatic carbocycles. The van der Waals surface area contributed by atoms with Crippen molar-refractivity contribution >= 4 is 0 Å². The number of aliphatic hydroxyl groups is 2. The van der Waals surface area contributed by atoms with Gasteiger partial charge < -0.3 is 10.2 Å². The number of aromatic nitrogens is 2. The molecule has 0 aliphatic rings. The molecule has 2 N–H and O–H groups in total. The van der Waals surface area contributed by atoms with Gasteiger partial charge in [0.2, 0.25) is 0 Å². The van der Waals surface area contributed by atoms with Gasteiger partial charge in [-0.2, -0.15) is 5.10 Å². The number of hydrogen-bond acceptors (Lipinski definition) is 3. The highest BCUT2D eigenvalue weighted by molar-refractivity contribution is 5.11. The third-order valence-electron chi connectivity index (χ3n) is 2.86. The van der Waals surface area contributed by atoms with Crippen molar-refractivity contribution in [3.63, 3.8) is 0 Å². The molecule has 0 saturated heterocycles. The summed E-state index contributed by atoms with van der Waals surface area (Å²) in [7, 11) is 0. The Hall–Kier alpha value is -0.870. The van der Waals surface area contributed by atoms with Crippen LogP contribution in [0.1, 0.15) is 38.6 Å². The minimum absolute atomic E-state index is 0.468. The summed E-state index contributed by atoms with van der Waals surface area (Å²) in [4.78, 5) is 0. The van der Waals surface area contributed by atoms with Crippen molar-refractivity contribution in [3.05, 3.63) is 17.5 Å². The lowest BCUT2D eigenvalue weighted by Gasteiger charge is -2.16. The van der Waals surface area contributed by atoms with Gasteiger partial charge in [-0.1, -0.05) is 13.8 Å². The Bertz CT molecular complexity index is 323. The molecule has 0 fully saturated rings. The maximum absolute atomic E-state index is 9.78. The Kier molecular flexibility index (Phi) is 4.96. The van der Waals surface area contributed by atoms with Crippen molar-refractivity contribution in [3.8, 4) is 0 Å². The fourth-order valence-corrected chi connectivity index (χ4v) is 1.75. The molecule has 0 bridgehead atoms. The lowest BCUT2D eigenvalue weighted by Crippen LogP contribution is -2.28. The van der Waals surface area contributed by atoms with Gasteiger partial charge in [-0.15, -0.1) is 0 Å². The van der Waals surface area contributed by atoms with Crippen LogP contribution in [0.3, 0.4) is 0 Å². The molecule has 4 heteroatoms. The number of rotatable bonds is 6. The predicted molar refractivity (Wildman–Crippen MR) is 63.3 cm³/mol. The van der Waals surface area contributed by atoms with E-state index < -0.39 is 12.2 Å². The summed E-state index contributed by atoms with van der Waals surface area (Å²) < 4.78 is 1.89. The first-order chi connectivity index (χ1) is 7.62. The lowest BCUT2D eigenvalue weighted by molar-refractivity contribution is 0.0170. The Morgan fingerprint density at radius 3 is 2.44 bits per heavy atom. The molecule has 4 nitrogen and oxygen atoms in total. The molecule has 0 saturated carbocycles. The van der Waals surface area contributed by atoms with E-state index in [4.69, 9.17) is 0 Å². The molecule has 0 radical (unpaired) electrons. The van der Waals surface area contributed by atoms with Gasteiger partial charge in [-0.05, 0) is 25.8 Å². The largest absolute Gasteiger partial charge is 0.390 e. The van der Waals surface area contributed by atoms with Gasteiger partial charge in [-0.25, -0.2) is 0 Å². The number of aryl methyl sites for hydroxylation is 2. The van der Waals surface area contributed by atoms with E-state index in [1.807, 2.05) is 24.6 Å². The molecular formula is C12H22N2O2. The van der Waals surface area contributed by atoms with E-state index in [0.29, 0.717) is 12.8 Å². The van der Waals surface area contributed by atoms with Crippen molar-refractivity contribution in [1.29, 1.82) is 0 Å². The zero-order valence-electron chi connectivity index (χ0n) is 10.3. The number of hydrogen-bond donors (Lipinski definition) is 2. The van der Waals surface area contributed by atoms with Gasteiger partial charge in [0.15, 0.2) is 0 Å². The molecule has 2 atom stereocenters. The summed E-state index contributed by atoms with van der Waals surface area (Å²) in [5.74, 6) is 0. The number of aliphatic hydroxyl groups excluding tert-OH is 2. The maximum atomic E-state index is 9.78. The van der Waals surface area contributed by atoms with Crippen molar-refractivity contribution in [2.24, 2.45) is 0 Å². The van der Waals surface area contributed by atoms with Crippen molar-refractivity contribution in [2.75, 3.05) is 0 Å². The zero-order valence-corrected chi connectivity index (χ0v) is 10.3. The summed E-state index contributed by atoms with van der Waals surface area (Å²) >= 11 is 0. The second kappa shape index (κ2) is 6.01. The molecular weight excluding hydrogens is 204 g/mol. The molecule has 92 valence electrons. The van der Waals surface area contributed by atoms with Crippen LogP contribution in [0.4, 0.5) is 0 Å².